The zero-order chi connectivity index (χ0) is 12.5. The second kappa shape index (κ2) is 8.00. The Bertz CT molecular complexity index is 278. The molecule has 0 amide bonds. The molecule has 1 fully saturated rings. The lowest BCUT2D eigenvalue weighted by molar-refractivity contribution is 0.289. The van der Waals surface area contributed by atoms with Gasteiger partial charge in [-0.25, -0.2) is 0 Å². The molecule has 2 N–H and O–H groups in total. The summed E-state index contributed by atoms with van der Waals surface area (Å²) in [6.07, 6.45) is 10.6. The van der Waals surface area contributed by atoms with Gasteiger partial charge >= 0.3 is 0 Å². The number of aliphatic imine (C=N–C) groups is 1. The molecule has 1 aliphatic rings. The van der Waals surface area contributed by atoms with Gasteiger partial charge in [-0.15, -0.1) is 6.42 Å². The Morgan fingerprint density at radius 3 is 2.88 bits per heavy atom. The Kier molecular flexibility index (Phi) is 6.54. The van der Waals surface area contributed by atoms with E-state index in [-0.39, 0.29) is 0 Å². The first-order chi connectivity index (χ1) is 8.26. The molecular weight excluding hydrogens is 210 g/mol. The van der Waals surface area contributed by atoms with Gasteiger partial charge in [0.2, 0.25) is 0 Å². The van der Waals surface area contributed by atoms with Crippen LogP contribution in [0.4, 0.5) is 0 Å². The van der Waals surface area contributed by atoms with Crippen LogP contribution in [0.15, 0.2) is 4.99 Å². The van der Waals surface area contributed by atoms with Gasteiger partial charge in [0, 0.05) is 13.1 Å². The third-order valence-electron chi connectivity index (χ3n) is 3.25. The van der Waals surface area contributed by atoms with Crippen LogP contribution in [-0.2, 0) is 0 Å². The van der Waals surface area contributed by atoms with Crippen molar-refractivity contribution in [3.8, 4) is 12.3 Å². The molecule has 1 rings (SSSR count). The highest BCUT2D eigenvalue weighted by molar-refractivity contribution is 5.79. The van der Waals surface area contributed by atoms with E-state index in [0.29, 0.717) is 6.54 Å². The predicted octanol–water partition coefficient (Wildman–Crippen LogP) is 2.00. The van der Waals surface area contributed by atoms with Gasteiger partial charge in [-0.2, -0.15) is 0 Å². The first-order valence-electron chi connectivity index (χ1n) is 6.71. The smallest absolute Gasteiger partial charge is 0.192 e. The molecule has 0 heterocycles. The van der Waals surface area contributed by atoms with E-state index in [1.165, 1.54) is 25.7 Å². The maximum Gasteiger partial charge on any atom is 0.192 e. The van der Waals surface area contributed by atoms with Gasteiger partial charge in [0.05, 0.1) is 6.54 Å². The first-order valence-corrected chi connectivity index (χ1v) is 6.71. The van der Waals surface area contributed by atoms with Crippen LogP contribution < -0.4 is 10.6 Å². The number of guanidine groups is 1. The molecule has 1 saturated carbocycles. The molecule has 2 unspecified atom stereocenters. The maximum atomic E-state index is 5.23. The molecule has 0 aliphatic heterocycles. The molecular formula is C14H25N3. The maximum absolute atomic E-state index is 5.23. The third kappa shape index (κ3) is 5.63. The Morgan fingerprint density at radius 1 is 1.41 bits per heavy atom. The van der Waals surface area contributed by atoms with Crippen LogP contribution in [0.2, 0.25) is 0 Å². The zero-order valence-electron chi connectivity index (χ0n) is 11.1. The fourth-order valence-electron chi connectivity index (χ4n) is 2.42. The quantitative estimate of drug-likeness (QED) is 0.444. The van der Waals surface area contributed by atoms with Crippen molar-refractivity contribution in [1.29, 1.82) is 0 Å². The largest absolute Gasteiger partial charge is 0.357 e. The average Bonchev–Trinajstić information content (AvgIpc) is 2.33. The van der Waals surface area contributed by atoms with Crippen LogP contribution in [0.3, 0.4) is 0 Å². The normalized spacial score (nSPS) is 25.1. The van der Waals surface area contributed by atoms with Gasteiger partial charge in [0.25, 0.3) is 0 Å². The van der Waals surface area contributed by atoms with Crippen LogP contribution in [-0.4, -0.2) is 25.6 Å². The molecule has 0 saturated heterocycles. The lowest BCUT2D eigenvalue weighted by atomic mass is 9.82. The Hall–Kier alpha value is -1.17. The minimum absolute atomic E-state index is 0.535. The van der Waals surface area contributed by atoms with Crippen molar-refractivity contribution >= 4 is 5.96 Å². The Morgan fingerprint density at radius 2 is 2.24 bits per heavy atom. The number of terminal acetylenes is 1. The summed E-state index contributed by atoms with van der Waals surface area (Å²) in [4.78, 5) is 4.61. The fourth-order valence-corrected chi connectivity index (χ4v) is 2.42. The molecule has 0 bridgehead atoms. The number of nitrogens with one attached hydrogen (secondary N) is 2. The minimum atomic E-state index is 0.535. The van der Waals surface area contributed by atoms with Crippen LogP contribution in [0.1, 0.15) is 39.5 Å². The summed E-state index contributed by atoms with van der Waals surface area (Å²) in [5.41, 5.74) is 0. The van der Waals surface area contributed by atoms with E-state index >= 15 is 0 Å². The van der Waals surface area contributed by atoms with Gasteiger partial charge in [-0.1, -0.05) is 25.7 Å². The SMILES string of the molecule is C#CCNC(=NCC1CCCC(C)C1)NCC. The molecule has 3 heteroatoms. The van der Waals surface area contributed by atoms with Gasteiger partial charge in [0.1, 0.15) is 0 Å². The molecule has 0 aromatic heterocycles. The third-order valence-corrected chi connectivity index (χ3v) is 3.25. The monoisotopic (exact) mass is 235 g/mol. The highest BCUT2D eigenvalue weighted by atomic mass is 15.2. The van der Waals surface area contributed by atoms with Crippen molar-refractivity contribution < 1.29 is 0 Å². The van der Waals surface area contributed by atoms with E-state index in [4.69, 9.17) is 6.42 Å². The zero-order valence-corrected chi connectivity index (χ0v) is 11.1. The summed E-state index contributed by atoms with van der Waals surface area (Å²) in [6, 6.07) is 0. The number of nitrogens with zero attached hydrogens (tertiary/aromatic N) is 1. The molecule has 0 aromatic rings. The van der Waals surface area contributed by atoms with Crippen LogP contribution in [0.25, 0.3) is 0 Å². The van der Waals surface area contributed by atoms with Crippen molar-refractivity contribution in [3.05, 3.63) is 0 Å². The lowest BCUT2D eigenvalue weighted by Crippen LogP contribution is -2.38. The van der Waals surface area contributed by atoms with E-state index in [1.807, 2.05) is 0 Å². The standard InChI is InChI=1S/C14H25N3/c1-4-9-16-14(15-5-2)17-11-13-8-6-7-12(3)10-13/h1,12-13H,5-11H2,2-3H3,(H2,15,16,17). The van der Waals surface area contributed by atoms with E-state index in [2.05, 4.69) is 35.4 Å². The predicted molar refractivity (Wildman–Crippen MR) is 73.9 cm³/mol. The summed E-state index contributed by atoms with van der Waals surface area (Å²) >= 11 is 0. The van der Waals surface area contributed by atoms with Gasteiger partial charge in [-0.05, 0) is 31.6 Å². The van der Waals surface area contributed by atoms with Crippen LogP contribution >= 0.6 is 0 Å². The summed E-state index contributed by atoms with van der Waals surface area (Å²) in [7, 11) is 0. The van der Waals surface area contributed by atoms with E-state index in [1.54, 1.807) is 0 Å². The average molecular weight is 235 g/mol. The molecule has 0 aromatic carbocycles. The number of hydrogen-bond acceptors (Lipinski definition) is 1. The molecule has 17 heavy (non-hydrogen) atoms. The van der Waals surface area contributed by atoms with Gasteiger partial charge < -0.3 is 10.6 Å². The van der Waals surface area contributed by atoms with E-state index in [9.17, 15) is 0 Å². The highest BCUT2D eigenvalue weighted by Gasteiger charge is 2.18. The van der Waals surface area contributed by atoms with Gasteiger partial charge in [-0.3, -0.25) is 4.99 Å². The fraction of sp³-hybridized carbons (Fsp3) is 0.786. The summed E-state index contributed by atoms with van der Waals surface area (Å²) < 4.78 is 0. The first kappa shape index (κ1) is 13.9. The van der Waals surface area contributed by atoms with E-state index < -0.39 is 0 Å². The molecule has 1 aliphatic carbocycles. The van der Waals surface area contributed by atoms with E-state index in [0.717, 1.165) is 30.9 Å². The highest BCUT2D eigenvalue weighted by Crippen LogP contribution is 2.28. The summed E-state index contributed by atoms with van der Waals surface area (Å²) in [5, 5.41) is 6.34. The summed E-state index contributed by atoms with van der Waals surface area (Å²) in [5.74, 6) is 5.04. The lowest BCUT2D eigenvalue weighted by Gasteiger charge is -2.25. The second-order valence-electron chi connectivity index (χ2n) is 4.92. The Balaban J connectivity index is 2.38. The topological polar surface area (TPSA) is 36.4 Å². The van der Waals surface area contributed by atoms with Crippen molar-refractivity contribution in [1.82, 2.24) is 10.6 Å². The molecule has 2 atom stereocenters. The molecule has 0 radical (unpaired) electrons. The second-order valence-corrected chi connectivity index (χ2v) is 4.92. The molecule has 3 nitrogen and oxygen atoms in total. The van der Waals surface area contributed by atoms with Crippen molar-refractivity contribution in [2.24, 2.45) is 16.8 Å². The molecule has 0 spiro atoms. The minimum Gasteiger partial charge on any atom is -0.357 e. The van der Waals surface area contributed by atoms with Gasteiger partial charge in [0.15, 0.2) is 5.96 Å². The van der Waals surface area contributed by atoms with Crippen molar-refractivity contribution in [2.75, 3.05) is 19.6 Å². The Labute approximate surface area is 105 Å². The summed E-state index contributed by atoms with van der Waals surface area (Å²) in [6.45, 7) is 6.74. The number of rotatable bonds is 4. The van der Waals surface area contributed by atoms with Crippen molar-refractivity contribution in [2.45, 2.75) is 39.5 Å². The van der Waals surface area contributed by atoms with Crippen molar-refractivity contribution in [3.63, 3.8) is 0 Å². The van der Waals surface area contributed by atoms with Crippen LogP contribution in [0, 0.1) is 24.2 Å². The molecule has 96 valence electrons. The number of hydrogen-bond donors (Lipinski definition) is 2. The van der Waals surface area contributed by atoms with Crippen LogP contribution in [0.5, 0.6) is 0 Å².